The van der Waals surface area contributed by atoms with E-state index in [-0.39, 0.29) is 6.01 Å². The lowest BCUT2D eigenvalue weighted by Crippen LogP contribution is -1.99. The van der Waals surface area contributed by atoms with Gasteiger partial charge in [0.1, 0.15) is 5.82 Å². The highest BCUT2D eigenvalue weighted by molar-refractivity contribution is 5.28. The molecule has 0 spiro atoms. The van der Waals surface area contributed by atoms with Crippen molar-refractivity contribution in [2.24, 2.45) is 7.05 Å². The molecule has 0 amide bonds. The number of hydrogen-bond acceptors (Lipinski definition) is 5. The van der Waals surface area contributed by atoms with Crippen molar-refractivity contribution in [1.29, 1.82) is 0 Å². The average molecular weight is 205 g/mol. The lowest BCUT2D eigenvalue weighted by Gasteiger charge is -2.02. The predicted molar refractivity (Wildman–Crippen MR) is 54.5 cm³/mol. The Balaban J connectivity index is 2.25. The Labute approximate surface area is 86.7 Å². The molecule has 2 aromatic rings. The van der Waals surface area contributed by atoms with Crippen LogP contribution in [0, 0.1) is 6.92 Å². The van der Waals surface area contributed by atoms with Gasteiger partial charge in [0.25, 0.3) is 0 Å². The van der Waals surface area contributed by atoms with Crippen molar-refractivity contribution in [3.8, 4) is 11.9 Å². The fourth-order valence-corrected chi connectivity index (χ4v) is 1.18. The Kier molecular flexibility index (Phi) is 2.24. The van der Waals surface area contributed by atoms with E-state index in [1.54, 1.807) is 30.1 Å². The minimum absolute atomic E-state index is 0.220. The number of anilines is 1. The number of rotatable bonds is 2. The molecule has 6 heteroatoms. The number of aromatic nitrogens is 4. The summed E-state index contributed by atoms with van der Waals surface area (Å²) in [6.07, 6.45) is 1.54. The molecule has 0 aliphatic carbocycles. The van der Waals surface area contributed by atoms with E-state index < -0.39 is 0 Å². The molecular formula is C9H11N5O. The van der Waals surface area contributed by atoms with Gasteiger partial charge in [-0.15, -0.1) is 0 Å². The van der Waals surface area contributed by atoms with Crippen LogP contribution in [0.2, 0.25) is 0 Å². The third-order valence-corrected chi connectivity index (χ3v) is 1.81. The molecule has 0 atom stereocenters. The van der Waals surface area contributed by atoms with E-state index in [2.05, 4.69) is 15.1 Å². The summed E-state index contributed by atoms with van der Waals surface area (Å²) in [7, 11) is 1.79. The second-order valence-electron chi connectivity index (χ2n) is 3.11. The van der Waals surface area contributed by atoms with Crippen molar-refractivity contribution >= 4 is 5.82 Å². The van der Waals surface area contributed by atoms with Gasteiger partial charge in [0.15, 0.2) is 0 Å². The van der Waals surface area contributed by atoms with Crippen molar-refractivity contribution in [3.05, 3.63) is 24.0 Å². The molecule has 78 valence electrons. The minimum atomic E-state index is 0.220. The molecule has 0 aliphatic heterocycles. The van der Waals surface area contributed by atoms with Crippen LogP contribution in [0.4, 0.5) is 5.82 Å². The van der Waals surface area contributed by atoms with Crippen LogP contribution < -0.4 is 10.5 Å². The van der Waals surface area contributed by atoms with E-state index in [1.807, 2.05) is 6.92 Å². The number of hydrogen-bond donors (Lipinski definition) is 1. The Morgan fingerprint density at radius 1 is 1.47 bits per heavy atom. The molecule has 0 bridgehead atoms. The molecule has 6 nitrogen and oxygen atoms in total. The number of nitrogen functional groups attached to an aromatic ring is 1. The molecule has 0 saturated heterocycles. The van der Waals surface area contributed by atoms with Crippen LogP contribution in [-0.2, 0) is 7.05 Å². The van der Waals surface area contributed by atoms with Crippen molar-refractivity contribution in [2.45, 2.75) is 6.92 Å². The van der Waals surface area contributed by atoms with Crippen LogP contribution in [0.1, 0.15) is 5.69 Å². The maximum atomic E-state index is 5.50. The number of nitrogens with two attached hydrogens (primary N) is 1. The zero-order valence-corrected chi connectivity index (χ0v) is 8.51. The number of aryl methyl sites for hydroxylation is 2. The van der Waals surface area contributed by atoms with Gasteiger partial charge in [-0.05, 0) is 13.0 Å². The molecule has 2 heterocycles. The summed E-state index contributed by atoms with van der Waals surface area (Å²) in [4.78, 5) is 7.85. The van der Waals surface area contributed by atoms with Gasteiger partial charge in [0, 0.05) is 19.3 Å². The van der Waals surface area contributed by atoms with Crippen molar-refractivity contribution in [3.63, 3.8) is 0 Å². The third-order valence-electron chi connectivity index (χ3n) is 1.81. The van der Waals surface area contributed by atoms with E-state index in [9.17, 15) is 0 Å². The third kappa shape index (κ3) is 2.04. The normalized spacial score (nSPS) is 10.3. The lowest BCUT2D eigenvalue weighted by atomic mass is 10.5. The lowest BCUT2D eigenvalue weighted by molar-refractivity contribution is 0.399. The van der Waals surface area contributed by atoms with Gasteiger partial charge in [-0.2, -0.15) is 10.1 Å². The maximum Gasteiger partial charge on any atom is 0.325 e. The van der Waals surface area contributed by atoms with E-state index in [4.69, 9.17) is 10.5 Å². The van der Waals surface area contributed by atoms with Crippen molar-refractivity contribution in [2.75, 3.05) is 5.73 Å². The molecule has 0 saturated carbocycles. The van der Waals surface area contributed by atoms with Crippen LogP contribution in [-0.4, -0.2) is 19.7 Å². The van der Waals surface area contributed by atoms with Crippen LogP contribution in [0.25, 0.3) is 0 Å². The highest BCUT2D eigenvalue weighted by atomic mass is 16.5. The van der Waals surface area contributed by atoms with Gasteiger partial charge in [-0.1, -0.05) is 0 Å². The Morgan fingerprint density at radius 2 is 2.27 bits per heavy atom. The summed E-state index contributed by atoms with van der Waals surface area (Å²) >= 11 is 0. The fourth-order valence-electron chi connectivity index (χ4n) is 1.18. The number of ether oxygens (including phenoxy) is 1. The summed E-state index contributed by atoms with van der Waals surface area (Å²) in [6, 6.07) is 3.62. The Bertz CT molecular complexity index is 479. The zero-order valence-electron chi connectivity index (χ0n) is 8.51. The number of nitrogens with zero attached hydrogens (tertiary/aromatic N) is 4. The standard InChI is InChI=1S/C9H11N5O/c1-6-5-8(14(2)13-6)15-9-11-4-3-7(10)12-9/h3-5H,1-2H3,(H2,10,11,12). The van der Waals surface area contributed by atoms with Gasteiger partial charge in [-0.25, -0.2) is 9.67 Å². The first-order chi connectivity index (χ1) is 7.15. The van der Waals surface area contributed by atoms with Crippen LogP contribution in [0.5, 0.6) is 11.9 Å². The molecule has 0 fully saturated rings. The minimum Gasteiger partial charge on any atom is -0.405 e. The zero-order chi connectivity index (χ0) is 10.8. The Hall–Kier alpha value is -2.11. The highest BCUT2D eigenvalue weighted by Gasteiger charge is 2.06. The van der Waals surface area contributed by atoms with Crippen LogP contribution in [0.3, 0.4) is 0 Å². The SMILES string of the molecule is Cc1cc(Oc2nccc(N)n2)n(C)n1. The fraction of sp³-hybridized carbons (Fsp3) is 0.222. The second-order valence-corrected chi connectivity index (χ2v) is 3.11. The molecule has 2 rings (SSSR count). The van der Waals surface area contributed by atoms with Crippen molar-refractivity contribution < 1.29 is 4.74 Å². The highest BCUT2D eigenvalue weighted by Crippen LogP contribution is 2.17. The first-order valence-electron chi connectivity index (χ1n) is 4.42. The molecule has 0 aliphatic rings. The summed E-state index contributed by atoms with van der Waals surface area (Å²) < 4.78 is 7.02. The second kappa shape index (κ2) is 3.56. The first-order valence-corrected chi connectivity index (χ1v) is 4.42. The monoisotopic (exact) mass is 205 g/mol. The quantitative estimate of drug-likeness (QED) is 0.787. The largest absolute Gasteiger partial charge is 0.405 e. The van der Waals surface area contributed by atoms with Gasteiger partial charge >= 0.3 is 6.01 Å². The molecule has 0 unspecified atom stereocenters. The van der Waals surface area contributed by atoms with Crippen molar-refractivity contribution in [1.82, 2.24) is 19.7 Å². The van der Waals surface area contributed by atoms with E-state index in [0.717, 1.165) is 5.69 Å². The Morgan fingerprint density at radius 3 is 2.87 bits per heavy atom. The first kappa shape index (κ1) is 9.45. The average Bonchev–Trinajstić information content (AvgIpc) is 2.45. The summed E-state index contributed by atoms with van der Waals surface area (Å²) in [6.45, 7) is 1.88. The molecular weight excluding hydrogens is 194 g/mol. The topological polar surface area (TPSA) is 78.9 Å². The van der Waals surface area contributed by atoms with Gasteiger partial charge in [0.05, 0.1) is 5.69 Å². The molecule has 0 aromatic carbocycles. The van der Waals surface area contributed by atoms with Gasteiger partial charge in [-0.3, -0.25) is 0 Å². The van der Waals surface area contributed by atoms with E-state index >= 15 is 0 Å². The smallest absolute Gasteiger partial charge is 0.325 e. The molecule has 2 aromatic heterocycles. The summed E-state index contributed by atoms with van der Waals surface area (Å²) in [5.74, 6) is 0.956. The van der Waals surface area contributed by atoms with Crippen LogP contribution >= 0.6 is 0 Å². The van der Waals surface area contributed by atoms with E-state index in [1.165, 1.54) is 0 Å². The molecule has 2 N–H and O–H groups in total. The van der Waals surface area contributed by atoms with Gasteiger partial charge < -0.3 is 10.5 Å². The van der Waals surface area contributed by atoms with Gasteiger partial charge in [0.2, 0.25) is 5.88 Å². The molecule has 15 heavy (non-hydrogen) atoms. The van der Waals surface area contributed by atoms with Crippen LogP contribution in [0.15, 0.2) is 18.3 Å². The van der Waals surface area contributed by atoms with E-state index in [0.29, 0.717) is 11.7 Å². The molecule has 0 radical (unpaired) electrons. The predicted octanol–water partition coefficient (Wildman–Crippen LogP) is 0.893. The summed E-state index contributed by atoms with van der Waals surface area (Å²) in [5, 5.41) is 4.13. The maximum absolute atomic E-state index is 5.50. The summed E-state index contributed by atoms with van der Waals surface area (Å²) in [5.41, 5.74) is 6.37.